The number of aromatic nitrogens is 2. The van der Waals surface area contributed by atoms with E-state index < -0.39 is 11.1 Å². The van der Waals surface area contributed by atoms with Crippen molar-refractivity contribution in [1.82, 2.24) is 9.55 Å². The Balaban J connectivity index is 2.34. The third kappa shape index (κ3) is 2.23. The molecule has 0 radical (unpaired) electrons. The van der Waals surface area contributed by atoms with Crippen LogP contribution < -0.4 is 11.1 Å². The molecule has 2 aromatic rings. The third-order valence-electron chi connectivity index (χ3n) is 2.19. The van der Waals surface area contributed by atoms with Crippen molar-refractivity contribution in [3.8, 4) is 0 Å². The minimum Gasteiger partial charge on any atom is -0.323 e. The van der Waals surface area contributed by atoms with E-state index in [0.29, 0.717) is 11.6 Å². The first-order chi connectivity index (χ1) is 7.66. The summed E-state index contributed by atoms with van der Waals surface area (Å²) < 4.78 is 1.35. The van der Waals surface area contributed by atoms with Crippen molar-refractivity contribution in [1.29, 1.82) is 0 Å². The maximum atomic E-state index is 11.4. The number of hydrogen-bond donors (Lipinski definition) is 1. The number of halogens is 1. The van der Waals surface area contributed by atoms with Gasteiger partial charge in [-0.2, -0.15) is 0 Å². The van der Waals surface area contributed by atoms with Gasteiger partial charge in [0.2, 0.25) is 0 Å². The van der Waals surface area contributed by atoms with E-state index in [0.717, 1.165) is 5.56 Å². The van der Waals surface area contributed by atoms with Crippen LogP contribution in [0.5, 0.6) is 0 Å². The molecule has 0 amide bonds. The number of nitrogens with one attached hydrogen (secondary N) is 1. The lowest BCUT2D eigenvalue weighted by Gasteiger charge is -2.04. The summed E-state index contributed by atoms with van der Waals surface area (Å²) in [7, 11) is 0. The van der Waals surface area contributed by atoms with Gasteiger partial charge in [0.05, 0.1) is 6.54 Å². The molecule has 0 saturated carbocycles. The number of H-pyrrole nitrogens is 1. The van der Waals surface area contributed by atoms with Crippen molar-refractivity contribution in [3.63, 3.8) is 0 Å². The fourth-order valence-electron chi connectivity index (χ4n) is 1.37. The molecule has 5 heteroatoms. The second-order valence-corrected chi connectivity index (χ2v) is 3.79. The zero-order valence-electron chi connectivity index (χ0n) is 8.31. The van der Waals surface area contributed by atoms with E-state index >= 15 is 0 Å². The molecule has 4 nitrogen and oxygen atoms in total. The lowest BCUT2D eigenvalue weighted by Crippen LogP contribution is -2.35. The number of benzene rings is 1. The van der Waals surface area contributed by atoms with Crippen molar-refractivity contribution in [2.24, 2.45) is 0 Å². The largest absolute Gasteiger partial charge is 0.323 e. The standard InChI is InChI=1S/C11H9ClN2O2/c12-9-3-1-8(2-4-9)7-14-6-5-13-10(15)11(14)16/h1-6H,7H2,(H,13,15). The predicted molar refractivity (Wildman–Crippen MR) is 61.9 cm³/mol. The molecular formula is C11H9ClN2O2. The Kier molecular flexibility index (Phi) is 2.92. The molecule has 0 saturated heterocycles. The lowest BCUT2D eigenvalue weighted by molar-refractivity contribution is 0.737. The molecular weight excluding hydrogens is 228 g/mol. The summed E-state index contributed by atoms with van der Waals surface area (Å²) in [6.45, 7) is 0.361. The summed E-state index contributed by atoms with van der Waals surface area (Å²) >= 11 is 5.75. The zero-order valence-corrected chi connectivity index (χ0v) is 9.07. The minimum atomic E-state index is -0.614. The van der Waals surface area contributed by atoms with Crippen LogP contribution in [-0.2, 0) is 6.54 Å². The molecule has 0 aliphatic heterocycles. The molecule has 0 aliphatic carbocycles. The first-order valence-corrected chi connectivity index (χ1v) is 5.07. The monoisotopic (exact) mass is 236 g/mol. The van der Waals surface area contributed by atoms with Gasteiger partial charge in [0, 0.05) is 17.4 Å². The topological polar surface area (TPSA) is 54.9 Å². The van der Waals surface area contributed by atoms with Gasteiger partial charge < -0.3 is 9.55 Å². The van der Waals surface area contributed by atoms with Crippen LogP contribution in [-0.4, -0.2) is 9.55 Å². The molecule has 16 heavy (non-hydrogen) atoms. The Labute approximate surface area is 96.1 Å². The van der Waals surface area contributed by atoms with Crippen LogP contribution in [0, 0.1) is 0 Å². The summed E-state index contributed by atoms with van der Waals surface area (Å²) in [5.41, 5.74) is -0.258. The van der Waals surface area contributed by atoms with E-state index in [4.69, 9.17) is 11.6 Å². The molecule has 1 aromatic heterocycles. The fraction of sp³-hybridized carbons (Fsp3) is 0.0909. The Bertz CT molecular complexity index is 598. The molecule has 1 N–H and O–H groups in total. The van der Waals surface area contributed by atoms with Crippen LogP contribution in [0.2, 0.25) is 5.02 Å². The van der Waals surface area contributed by atoms with Crippen molar-refractivity contribution in [2.45, 2.75) is 6.54 Å². The molecule has 82 valence electrons. The van der Waals surface area contributed by atoms with Crippen LogP contribution in [0.4, 0.5) is 0 Å². The van der Waals surface area contributed by atoms with Gasteiger partial charge in [-0.15, -0.1) is 0 Å². The van der Waals surface area contributed by atoms with Crippen LogP contribution >= 0.6 is 11.6 Å². The van der Waals surface area contributed by atoms with Crippen molar-refractivity contribution >= 4 is 11.6 Å². The van der Waals surface area contributed by atoms with Crippen molar-refractivity contribution < 1.29 is 0 Å². The SMILES string of the molecule is O=c1[nH]ccn(Cc2ccc(Cl)cc2)c1=O. The number of nitrogens with zero attached hydrogens (tertiary/aromatic N) is 1. The van der Waals surface area contributed by atoms with Gasteiger partial charge >= 0.3 is 11.1 Å². The molecule has 0 atom stereocenters. The van der Waals surface area contributed by atoms with Gasteiger partial charge in [-0.3, -0.25) is 9.59 Å². The summed E-state index contributed by atoms with van der Waals surface area (Å²) in [5, 5.41) is 0.641. The van der Waals surface area contributed by atoms with Gasteiger partial charge in [0.1, 0.15) is 0 Å². The summed E-state index contributed by atoms with van der Waals surface area (Å²) in [6, 6.07) is 7.12. The van der Waals surface area contributed by atoms with Gasteiger partial charge in [-0.1, -0.05) is 23.7 Å². The van der Waals surface area contributed by atoms with Crippen LogP contribution in [0.15, 0.2) is 46.2 Å². The smallest absolute Gasteiger partial charge is 0.316 e. The zero-order chi connectivity index (χ0) is 11.5. The van der Waals surface area contributed by atoms with E-state index in [9.17, 15) is 9.59 Å². The summed E-state index contributed by atoms with van der Waals surface area (Å²) in [4.78, 5) is 24.8. The molecule has 1 aromatic carbocycles. The lowest BCUT2D eigenvalue weighted by atomic mass is 10.2. The molecule has 1 heterocycles. The van der Waals surface area contributed by atoms with Crippen LogP contribution in [0.25, 0.3) is 0 Å². The second kappa shape index (κ2) is 4.37. The summed E-state index contributed by atoms with van der Waals surface area (Å²) in [6.07, 6.45) is 2.98. The second-order valence-electron chi connectivity index (χ2n) is 3.35. The maximum Gasteiger partial charge on any atom is 0.316 e. The summed E-state index contributed by atoms with van der Waals surface area (Å²) in [5.74, 6) is 0. The average Bonchev–Trinajstić information content (AvgIpc) is 2.28. The minimum absolute atomic E-state index is 0.361. The Morgan fingerprint density at radius 2 is 1.88 bits per heavy atom. The van der Waals surface area contributed by atoms with Crippen LogP contribution in [0.1, 0.15) is 5.56 Å². The third-order valence-corrected chi connectivity index (χ3v) is 2.44. The molecule has 0 unspecified atom stereocenters. The first kappa shape index (κ1) is 10.7. The highest BCUT2D eigenvalue weighted by molar-refractivity contribution is 6.30. The van der Waals surface area contributed by atoms with Crippen molar-refractivity contribution in [3.05, 3.63) is 68.0 Å². The first-order valence-electron chi connectivity index (χ1n) is 4.69. The normalized spacial score (nSPS) is 10.3. The quantitative estimate of drug-likeness (QED) is 0.798. The molecule has 0 aliphatic rings. The van der Waals surface area contributed by atoms with E-state index in [2.05, 4.69) is 4.98 Å². The van der Waals surface area contributed by atoms with E-state index in [-0.39, 0.29) is 0 Å². The molecule has 0 bridgehead atoms. The number of aromatic amines is 1. The highest BCUT2D eigenvalue weighted by Gasteiger charge is 2.00. The fourth-order valence-corrected chi connectivity index (χ4v) is 1.50. The van der Waals surface area contributed by atoms with Gasteiger partial charge in [-0.05, 0) is 17.7 Å². The Hall–Kier alpha value is -1.81. The van der Waals surface area contributed by atoms with E-state index in [1.165, 1.54) is 10.8 Å². The van der Waals surface area contributed by atoms with Gasteiger partial charge in [0.25, 0.3) is 0 Å². The molecule has 0 fully saturated rings. The van der Waals surface area contributed by atoms with Gasteiger partial charge in [-0.25, -0.2) is 0 Å². The maximum absolute atomic E-state index is 11.4. The highest BCUT2D eigenvalue weighted by atomic mass is 35.5. The van der Waals surface area contributed by atoms with Crippen LogP contribution in [0.3, 0.4) is 0 Å². The van der Waals surface area contributed by atoms with Crippen molar-refractivity contribution in [2.75, 3.05) is 0 Å². The molecule has 2 rings (SSSR count). The number of rotatable bonds is 2. The average molecular weight is 237 g/mol. The van der Waals surface area contributed by atoms with Gasteiger partial charge in [0.15, 0.2) is 0 Å². The molecule has 0 spiro atoms. The highest BCUT2D eigenvalue weighted by Crippen LogP contribution is 2.09. The van der Waals surface area contributed by atoms with E-state index in [1.807, 2.05) is 12.1 Å². The Morgan fingerprint density at radius 1 is 1.19 bits per heavy atom. The van der Waals surface area contributed by atoms with E-state index in [1.54, 1.807) is 18.3 Å². The number of hydrogen-bond acceptors (Lipinski definition) is 2. The Morgan fingerprint density at radius 3 is 2.56 bits per heavy atom. The predicted octanol–water partition coefficient (Wildman–Crippen LogP) is 1.24.